The monoisotopic (exact) mass is 736 g/mol. The molecule has 1 radical (unpaired) electrons. The quantitative estimate of drug-likeness (QED) is 0.148. The molecule has 0 bridgehead atoms. The van der Waals surface area contributed by atoms with Crippen molar-refractivity contribution in [2.24, 2.45) is 5.92 Å². The van der Waals surface area contributed by atoms with Gasteiger partial charge in [-0.15, -0.1) is 13.0 Å². The van der Waals surface area contributed by atoms with Crippen LogP contribution in [0.5, 0.6) is 0 Å². The first kappa shape index (κ1) is 35.6. The molecule has 1 unspecified atom stereocenters. The fourth-order valence-electron chi connectivity index (χ4n) is 4.82. The average Bonchev–Trinajstić information content (AvgIpc) is 3.25. The molecule has 6 rings (SSSR count). The zero-order valence-electron chi connectivity index (χ0n) is 25.8. The van der Waals surface area contributed by atoms with Gasteiger partial charge in [-0.3, -0.25) is 6.08 Å². The molecule has 1 N–H and O–H groups in total. The Balaban J connectivity index is 0.000000199. The molecule has 0 heterocycles. The van der Waals surface area contributed by atoms with Crippen LogP contribution in [0.2, 0.25) is 0 Å². The van der Waals surface area contributed by atoms with Crippen LogP contribution in [-0.2, 0) is 25.8 Å². The summed E-state index contributed by atoms with van der Waals surface area (Å²) in [6, 6.07) is 42.4. The van der Waals surface area contributed by atoms with Gasteiger partial charge in [-0.2, -0.15) is 11.1 Å². The Morgan fingerprint density at radius 2 is 0.976 bits per heavy atom. The topological polar surface area (TPSA) is 23.8 Å². The summed E-state index contributed by atoms with van der Waals surface area (Å²) in [7, 11) is 0.271. The first-order valence-corrected chi connectivity index (χ1v) is 16.1. The molecule has 1 nitrogen and oxygen atoms in total. The van der Waals surface area contributed by atoms with Crippen molar-refractivity contribution in [3.63, 3.8) is 0 Å². The van der Waals surface area contributed by atoms with E-state index in [9.17, 15) is 0 Å². The number of nitrogens with one attached hydrogen (secondary N) is 1. The number of hydrogen-bond donors (Lipinski definition) is 0. The van der Waals surface area contributed by atoms with E-state index in [1.807, 2.05) is 12.1 Å². The molecule has 2 aliphatic rings. The van der Waals surface area contributed by atoms with Crippen molar-refractivity contribution in [2.45, 2.75) is 65.8 Å². The molecule has 2 aliphatic carbocycles. The maximum Gasteiger partial charge on any atom is 0.103 e. The third-order valence-electron chi connectivity index (χ3n) is 7.66. The predicted octanol–water partition coefficient (Wildman–Crippen LogP) is 9.52. The van der Waals surface area contributed by atoms with Crippen LogP contribution in [0.1, 0.15) is 59.8 Å². The minimum atomic E-state index is 0. The van der Waals surface area contributed by atoms with Crippen LogP contribution in [0.15, 0.2) is 138 Å². The van der Waals surface area contributed by atoms with Gasteiger partial charge in [0.15, 0.2) is 0 Å². The molecule has 0 spiro atoms. The van der Waals surface area contributed by atoms with E-state index in [0.717, 1.165) is 12.8 Å². The first-order valence-electron chi connectivity index (χ1n) is 15.0. The predicted molar refractivity (Wildman–Crippen MR) is 182 cm³/mol. The minimum Gasteiger partial charge on any atom is -0.675 e. The molecular formula is C39H46HfNSi-2. The Morgan fingerprint density at radius 1 is 0.595 bits per heavy atom. The minimum absolute atomic E-state index is 0. The van der Waals surface area contributed by atoms with Crippen molar-refractivity contribution < 1.29 is 25.8 Å². The van der Waals surface area contributed by atoms with Crippen LogP contribution in [0.4, 0.5) is 0 Å². The van der Waals surface area contributed by atoms with Crippen LogP contribution < -0.4 is 10.4 Å². The Bertz CT molecular complexity index is 1240. The Morgan fingerprint density at radius 3 is 1.24 bits per heavy atom. The second kappa shape index (κ2) is 20.3. The van der Waals surface area contributed by atoms with Crippen LogP contribution in [0, 0.1) is 12.0 Å². The van der Waals surface area contributed by atoms with Gasteiger partial charge in [0.2, 0.25) is 0 Å². The second-order valence-corrected chi connectivity index (χ2v) is 12.5. The Labute approximate surface area is 277 Å². The standard InChI is InChI=1S/C12H11Si.C12H10.C9H13.C6H12N.Hf/c1-3-7-11(8-4-1)13-12-9-5-2-6-10-12;1-3-7-11(8-4-1)12-9-5-2-6-10-12;1-6-5-7(2)9(4)8(6)3;7-6-4-2-1-3-5-6;/h1-10,13H;1-10H;6H,1-4H3;6-7H,1-5H2;/q;;2*-1;. The van der Waals surface area contributed by atoms with Crippen molar-refractivity contribution >= 4 is 19.9 Å². The van der Waals surface area contributed by atoms with E-state index in [2.05, 4.69) is 143 Å². The normalized spacial score (nSPS) is 15.8. The maximum atomic E-state index is 7.27. The fourth-order valence-corrected chi connectivity index (χ4v) is 6.03. The smallest absolute Gasteiger partial charge is 0.103 e. The second-order valence-electron chi connectivity index (χ2n) is 10.8. The van der Waals surface area contributed by atoms with Gasteiger partial charge in [0.1, 0.15) is 9.52 Å². The zero-order valence-corrected chi connectivity index (χ0v) is 30.6. The molecule has 0 amide bonds. The molecule has 4 aromatic carbocycles. The van der Waals surface area contributed by atoms with Gasteiger partial charge in [0, 0.05) is 25.8 Å². The first-order chi connectivity index (χ1) is 19.9. The van der Waals surface area contributed by atoms with E-state index >= 15 is 0 Å². The van der Waals surface area contributed by atoms with Gasteiger partial charge in [0.05, 0.1) is 0 Å². The number of hydrogen-bond acceptors (Lipinski definition) is 0. The molecule has 1 atom stereocenters. The summed E-state index contributed by atoms with van der Waals surface area (Å²) in [5.74, 6) is 0.560. The molecule has 4 aromatic rings. The molecule has 1 saturated carbocycles. The van der Waals surface area contributed by atoms with Crippen molar-refractivity contribution in [1.82, 2.24) is 0 Å². The van der Waals surface area contributed by atoms with E-state index in [4.69, 9.17) is 5.73 Å². The zero-order chi connectivity index (χ0) is 29.3. The van der Waals surface area contributed by atoms with Crippen LogP contribution >= 0.6 is 0 Å². The molecule has 3 heteroatoms. The van der Waals surface area contributed by atoms with E-state index in [0.29, 0.717) is 5.92 Å². The van der Waals surface area contributed by atoms with Crippen molar-refractivity contribution in [3.05, 3.63) is 150 Å². The van der Waals surface area contributed by atoms with E-state index < -0.39 is 0 Å². The Hall–Kier alpha value is -2.59. The molecule has 0 saturated heterocycles. The van der Waals surface area contributed by atoms with Crippen LogP contribution in [0.3, 0.4) is 0 Å². The Kier molecular flexibility index (Phi) is 17.2. The molecule has 0 aliphatic heterocycles. The summed E-state index contributed by atoms with van der Waals surface area (Å²) in [6.07, 6.45) is 9.63. The summed E-state index contributed by atoms with van der Waals surface area (Å²) in [5.41, 5.74) is 14.1. The molecular weight excluding hydrogens is 689 g/mol. The summed E-state index contributed by atoms with van der Waals surface area (Å²) < 4.78 is 0. The summed E-state index contributed by atoms with van der Waals surface area (Å²) in [5, 5.41) is 2.90. The third-order valence-corrected chi connectivity index (χ3v) is 9.09. The summed E-state index contributed by atoms with van der Waals surface area (Å²) in [6.45, 7) is 8.67. The summed E-state index contributed by atoms with van der Waals surface area (Å²) in [4.78, 5) is 0. The number of benzene rings is 4. The fraction of sp³-hybridized carbons (Fsp3) is 0.282. The van der Waals surface area contributed by atoms with Gasteiger partial charge >= 0.3 is 0 Å². The molecule has 0 aromatic heterocycles. The summed E-state index contributed by atoms with van der Waals surface area (Å²) >= 11 is 0. The van der Waals surface area contributed by atoms with E-state index in [-0.39, 0.29) is 41.4 Å². The molecule has 217 valence electrons. The van der Waals surface area contributed by atoms with Crippen molar-refractivity contribution in [2.75, 3.05) is 0 Å². The SMILES string of the molecule is CC1=[C-]C(C)C(C)=C1C.[Hf].[NH-]C1CCCCC1.c1ccc(-c2ccccc2)cc1.c1ccc([SiH]c2ccccc2)cc1. The maximum absolute atomic E-state index is 7.27. The van der Waals surface area contributed by atoms with Gasteiger partial charge < -0.3 is 5.73 Å². The molecule has 1 fully saturated rings. The third kappa shape index (κ3) is 13.1. The average molecular weight is 735 g/mol. The van der Waals surface area contributed by atoms with E-state index in [1.54, 1.807) is 0 Å². The number of allylic oxidation sites excluding steroid dienone is 4. The largest absolute Gasteiger partial charge is 0.675 e. The van der Waals surface area contributed by atoms with Crippen molar-refractivity contribution in [3.8, 4) is 11.1 Å². The van der Waals surface area contributed by atoms with Gasteiger partial charge in [-0.1, -0.05) is 190 Å². The van der Waals surface area contributed by atoms with E-state index in [1.165, 1.54) is 57.5 Å². The van der Waals surface area contributed by atoms with Gasteiger partial charge in [-0.05, 0) is 11.1 Å². The van der Waals surface area contributed by atoms with Crippen LogP contribution in [0.25, 0.3) is 16.9 Å². The molecule has 42 heavy (non-hydrogen) atoms. The van der Waals surface area contributed by atoms with Gasteiger partial charge in [-0.25, -0.2) is 5.57 Å². The van der Waals surface area contributed by atoms with Crippen molar-refractivity contribution in [1.29, 1.82) is 0 Å². The van der Waals surface area contributed by atoms with Crippen LogP contribution in [-0.4, -0.2) is 15.6 Å². The van der Waals surface area contributed by atoms with Gasteiger partial charge in [0.25, 0.3) is 0 Å². The number of rotatable bonds is 3.